The van der Waals surface area contributed by atoms with E-state index >= 15 is 0 Å². The molecule has 12 heteroatoms. The van der Waals surface area contributed by atoms with Gasteiger partial charge in [0.15, 0.2) is 23.1 Å². The second-order valence-electron chi connectivity index (χ2n) is 6.83. The van der Waals surface area contributed by atoms with Crippen LogP contribution in [0.5, 0.6) is 0 Å². The molecule has 1 aromatic carbocycles. The first-order chi connectivity index (χ1) is 15.5. The topological polar surface area (TPSA) is 132 Å². The molecule has 1 saturated heterocycles. The Morgan fingerprint density at radius 2 is 1.78 bits per heavy atom. The Balaban J connectivity index is 1.26. The number of piperazine rings is 1. The zero-order chi connectivity index (χ0) is 22.5. The van der Waals surface area contributed by atoms with E-state index in [1.165, 1.54) is 23.5 Å². The van der Waals surface area contributed by atoms with Crippen molar-refractivity contribution >= 4 is 34.6 Å². The summed E-state index contributed by atoms with van der Waals surface area (Å²) >= 11 is 1.22. The number of amides is 1. The van der Waals surface area contributed by atoms with Crippen LogP contribution in [0, 0.1) is 10.1 Å². The molecule has 1 aliphatic rings. The number of esters is 1. The monoisotopic (exact) mass is 454 g/mol. The van der Waals surface area contributed by atoms with Crippen LogP contribution < -0.4 is 4.90 Å². The fourth-order valence-electron chi connectivity index (χ4n) is 3.17. The highest BCUT2D eigenvalue weighted by Crippen LogP contribution is 2.21. The van der Waals surface area contributed by atoms with Crippen molar-refractivity contribution in [3.8, 4) is 10.8 Å². The van der Waals surface area contributed by atoms with Crippen molar-refractivity contribution in [3.63, 3.8) is 0 Å². The summed E-state index contributed by atoms with van der Waals surface area (Å²) < 4.78 is 5.14. The lowest BCUT2D eigenvalue weighted by atomic mass is 10.2. The van der Waals surface area contributed by atoms with Crippen LogP contribution in [0.15, 0.2) is 48.1 Å². The molecule has 0 unspecified atom stereocenters. The summed E-state index contributed by atoms with van der Waals surface area (Å²) in [7, 11) is 0. The highest BCUT2D eigenvalue weighted by atomic mass is 32.1. The van der Waals surface area contributed by atoms with E-state index in [2.05, 4.69) is 15.0 Å². The Labute approximate surface area is 186 Å². The third-order valence-corrected chi connectivity index (χ3v) is 5.69. The van der Waals surface area contributed by atoms with Gasteiger partial charge in [-0.2, -0.15) is 0 Å². The number of carbonyl (C=O) groups excluding carboxylic acids is 2. The third-order valence-electron chi connectivity index (χ3n) is 4.86. The number of nitro benzene ring substituents is 1. The van der Waals surface area contributed by atoms with Gasteiger partial charge in [-0.25, -0.2) is 19.7 Å². The molecule has 0 aliphatic carbocycles. The van der Waals surface area contributed by atoms with Crippen molar-refractivity contribution in [2.75, 3.05) is 37.7 Å². The maximum atomic E-state index is 12.4. The van der Waals surface area contributed by atoms with Gasteiger partial charge < -0.3 is 14.5 Å². The predicted molar refractivity (Wildman–Crippen MR) is 115 cm³/mol. The summed E-state index contributed by atoms with van der Waals surface area (Å²) in [6.07, 6.45) is 3.17. The van der Waals surface area contributed by atoms with Gasteiger partial charge in [-0.3, -0.25) is 14.9 Å². The Hall–Kier alpha value is -3.93. The van der Waals surface area contributed by atoms with Crippen LogP contribution in [-0.4, -0.2) is 69.4 Å². The molecule has 2 aromatic heterocycles. The first-order valence-corrected chi connectivity index (χ1v) is 10.6. The van der Waals surface area contributed by atoms with E-state index in [0.717, 1.165) is 5.69 Å². The van der Waals surface area contributed by atoms with E-state index in [1.54, 1.807) is 40.9 Å². The Bertz CT molecular complexity index is 1110. The number of thiazole rings is 1. The smallest absolute Gasteiger partial charge is 0.358 e. The Morgan fingerprint density at radius 1 is 1.09 bits per heavy atom. The lowest BCUT2D eigenvalue weighted by Crippen LogP contribution is -2.49. The Kier molecular flexibility index (Phi) is 6.31. The number of nitrogens with zero attached hydrogens (tertiary/aromatic N) is 6. The molecule has 0 radical (unpaired) electrons. The highest BCUT2D eigenvalue weighted by molar-refractivity contribution is 7.13. The summed E-state index contributed by atoms with van der Waals surface area (Å²) in [5, 5.41) is 12.8. The Morgan fingerprint density at radius 3 is 2.44 bits per heavy atom. The van der Waals surface area contributed by atoms with Gasteiger partial charge in [0.2, 0.25) is 0 Å². The second kappa shape index (κ2) is 9.47. The van der Waals surface area contributed by atoms with Gasteiger partial charge in [0.1, 0.15) is 0 Å². The molecule has 0 atom stereocenters. The maximum absolute atomic E-state index is 12.4. The number of hydrogen-bond acceptors (Lipinski definition) is 10. The van der Waals surface area contributed by atoms with Gasteiger partial charge >= 0.3 is 5.97 Å². The number of anilines is 1. The number of rotatable bonds is 6. The second-order valence-corrected chi connectivity index (χ2v) is 7.69. The summed E-state index contributed by atoms with van der Waals surface area (Å²) in [5.41, 5.74) is 0.997. The fraction of sp³-hybridized carbons (Fsp3) is 0.250. The molecule has 3 aromatic rings. The average Bonchev–Trinajstić information content (AvgIpc) is 3.34. The standard InChI is InChI=1S/C20H18N6O5S/c27-17(12-31-20(28)16-13-32-19(23-16)18-21-6-1-7-22-18)25-10-8-24(9-11-25)14-2-4-15(5-3-14)26(29)30/h1-7,13H,8-12H2. The highest BCUT2D eigenvalue weighted by Gasteiger charge is 2.23. The van der Waals surface area contributed by atoms with Crippen molar-refractivity contribution in [1.82, 2.24) is 19.9 Å². The summed E-state index contributed by atoms with van der Waals surface area (Å²) in [6.45, 7) is 1.69. The predicted octanol–water partition coefficient (Wildman–Crippen LogP) is 2.01. The van der Waals surface area contributed by atoms with Gasteiger partial charge in [-0.05, 0) is 18.2 Å². The molecule has 0 N–H and O–H groups in total. The van der Waals surface area contributed by atoms with Crippen LogP contribution >= 0.6 is 11.3 Å². The fourth-order valence-corrected chi connectivity index (χ4v) is 3.91. The first kappa shape index (κ1) is 21.3. The van der Waals surface area contributed by atoms with Gasteiger partial charge in [0.25, 0.3) is 11.6 Å². The van der Waals surface area contributed by atoms with E-state index in [0.29, 0.717) is 37.0 Å². The minimum absolute atomic E-state index is 0.0351. The quantitative estimate of drug-likeness (QED) is 0.312. The van der Waals surface area contributed by atoms with E-state index in [-0.39, 0.29) is 23.9 Å². The number of aromatic nitrogens is 3. The van der Waals surface area contributed by atoms with Gasteiger partial charge in [0, 0.05) is 61.8 Å². The normalized spacial score (nSPS) is 13.6. The van der Waals surface area contributed by atoms with Crippen LogP contribution in [0.2, 0.25) is 0 Å². The average molecular weight is 454 g/mol. The number of carbonyl (C=O) groups is 2. The molecule has 1 fully saturated rings. The van der Waals surface area contributed by atoms with Crippen LogP contribution in [0.25, 0.3) is 10.8 Å². The number of non-ortho nitro benzene ring substituents is 1. The molecule has 1 amide bonds. The van der Waals surface area contributed by atoms with E-state index in [4.69, 9.17) is 4.74 Å². The number of hydrogen-bond donors (Lipinski definition) is 0. The summed E-state index contributed by atoms with van der Waals surface area (Å²) in [6, 6.07) is 7.99. The summed E-state index contributed by atoms with van der Waals surface area (Å²) in [5.74, 6) is -0.552. The lowest BCUT2D eigenvalue weighted by molar-refractivity contribution is -0.384. The number of nitro groups is 1. The van der Waals surface area contributed by atoms with Crippen LogP contribution in [-0.2, 0) is 9.53 Å². The van der Waals surface area contributed by atoms with Gasteiger partial charge in [0.05, 0.1) is 4.92 Å². The van der Waals surface area contributed by atoms with Crippen molar-refractivity contribution in [3.05, 3.63) is 63.9 Å². The molecule has 1 aliphatic heterocycles. The SMILES string of the molecule is O=C(OCC(=O)N1CCN(c2ccc([N+](=O)[O-])cc2)CC1)c1csc(-c2ncccn2)n1. The van der Waals surface area contributed by atoms with Crippen molar-refractivity contribution in [2.45, 2.75) is 0 Å². The van der Waals surface area contributed by atoms with E-state index < -0.39 is 10.9 Å². The molecule has 3 heterocycles. The molecular weight excluding hydrogens is 436 g/mol. The zero-order valence-electron chi connectivity index (χ0n) is 16.8. The molecule has 11 nitrogen and oxygen atoms in total. The van der Waals surface area contributed by atoms with Crippen molar-refractivity contribution in [2.24, 2.45) is 0 Å². The lowest BCUT2D eigenvalue weighted by Gasteiger charge is -2.36. The molecule has 0 saturated carbocycles. The van der Waals surface area contributed by atoms with Crippen molar-refractivity contribution in [1.29, 1.82) is 0 Å². The van der Waals surface area contributed by atoms with Crippen LogP contribution in [0.1, 0.15) is 10.5 Å². The maximum Gasteiger partial charge on any atom is 0.358 e. The minimum Gasteiger partial charge on any atom is -0.451 e. The molecule has 0 spiro atoms. The first-order valence-electron chi connectivity index (χ1n) is 9.68. The number of ether oxygens (including phenoxy) is 1. The molecule has 4 rings (SSSR count). The van der Waals surface area contributed by atoms with Crippen molar-refractivity contribution < 1.29 is 19.2 Å². The summed E-state index contributed by atoms with van der Waals surface area (Å²) in [4.78, 5) is 51.0. The number of benzene rings is 1. The molecule has 164 valence electrons. The van der Waals surface area contributed by atoms with Crippen LogP contribution in [0.3, 0.4) is 0 Å². The van der Waals surface area contributed by atoms with E-state index in [1.807, 2.05) is 4.90 Å². The third kappa shape index (κ3) is 4.86. The molecule has 0 bridgehead atoms. The van der Waals surface area contributed by atoms with Gasteiger partial charge in [-0.15, -0.1) is 11.3 Å². The molecule has 32 heavy (non-hydrogen) atoms. The van der Waals surface area contributed by atoms with Gasteiger partial charge in [-0.1, -0.05) is 0 Å². The van der Waals surface area contributed by atoms with E-state index in [9.17, 15) is 19.7 Å². The zero-order valence-corrected chi connectivity index (χ0v) is 17.6. The molecular formula is C20H18N6O5S. The largest absolute Gasteiger partial charge is 0.451 e. The minimum atomic E-state index is -0.679. The van der Waals surface area contributed by atoms with Crippen LogP contribution in [0.4, 0.5) is 11.4 Å².